The lowest BCUT2D eigenvalue weighted by Crippen LogP contribution is -2.32. The standard InChI is InChI=1S/C17H20FNO2/c1-16(2)12-8-9-17(16,3)14(10-12)19-21-15(20)11-4-6-13(18)7-5-11/h4-7,12H,8-10H2,1-3H3/b19-14+/t12-,17+/m1/s1. The summed E-state index contributed by atoms with van der Waals surface area (Å²) < 4.78 is 12.8. The Balaban J connectivity index is 1.76. The SMILES string of the molecule is CC1(C)[C@@H]2CC[C@@]1(C)/C(=N/OC(=O)c1ccc(F)cc1)C2. The summed E-state index contributed by atoms with van der Waals surface area (Å²) >= 11 is 0. The Morgan fingerprint density at radius 2 is 1.95 bits per heavy atom. The van der Waals surface area contributed by atoms with Crippen LogP contribution < -0.4 is 0 Å². The van der Waals surface area contributed by atoms with E-state index in [9.17, 15) is 9.18 Å². The Bertz CT molecular complexity index is 606. The highest BCUT2D eigenvalue weighted by Crippen LogP contribution is 2.63. The van der Waals surface area contributed by atoms with Crippen molar-refractivity contribution in [1.82, 2.24) is 0 Å². The molecule has 2 bridgehead atoms. The van der Waals surface area contributed by atoms with E-state index >= 15 is 0 Å². The Labute approximate surface area is 124 Å². The average molecular weight is 289 g/mol. The first-order valence-corrected chi connectivity index (χ1v) is 7.39. The van der Waals surface area contributed by atoms with Crippen LogP contribution in [0.3, 0.4) is 0 Å². The zero-order valence-corrected chi connectivity index (χ0v) is 12.6. The fourth-order valence-electron chi connectivity index (χ4n) is 3.80. The summed E-state index contributed by atoms with van der Waals surface area (Å²) in [5, 5.41) is 4.15. The zero-order chi connectivity index (χ0) is 15.3. The van der Waals surface area contributed by atoms with Gasteiger partial charge in [0.25, 0.3) is 0 Å². The minimum Gasteiger partial charge on any atom is -0.313 e. The van der Waals surface area contributed by atoms with E-state index in [4.69, 9.17) is 4.84 Å². The second kappa shape index (κ2) is 4.65. The molecule has 0 saturated heterocycles. The molecular weight excluding hydrogens is 269 g/mol. The van der Waals surface area contributed by atoms with Gasteiger partial charge in [0.15, 0.2) is 0 Å². The van der Waals surface area contributed by atoms with Gasteiger partial charge in [0.2, 0.25) is 0 Å². The fraction of sp³-hybridized carbons (Fsp3) is 0.529. The second-order valence-electron chi connectivity index (χ2n) is 6.92. The molecule has 0 spiro atoms. The first kappa shape index (κ1) is 14.2. The van der Waals surface area contributed by atoms with Crippen molar-refractivity contribution in [1.29, 1.82) is 0 Å². The highest BCUT2D eigenvalue weighted by Gasteiger charge is 2.60. The number of hydrogen-bond acceptors (Lipinski definition) is 3. The Morgan fingerprint density at radius 1 is 1.29 bits per heavy atom. The minimum atomic E-state index is -0.535. The van der Waals surface area contributed by atoms with E-state index in [0.717, 1.165) is 18.6 Å². The van der Waals surface area contributed by atoms with Crippen LogP contribution in [0.2, 0.25) is 0 Å². The summed E-state index contributed by atoms with van der Waals surface area (Å²) in [6.07, 6.45) is 3.21. The van der Waals surface area contributed by atoms with Gasteiger partial charge >= 0.3 is 5.97 Å². The van der Waals surface area contributed by atoms with Crippen molar-refractivity contribution in [2.45, 2.75) is 40.0 Å². The highest BCUT2D eigenvalue weighted by atomic mass is 19.1. The van der Waals surface area contributed by atoms with E-state index < -0.39 is 5.97 Å². The van der Waals surface area contributed by atoms with Crippen LogP contribution in [-0.2, 0) is 4.84 Å². The number of carbonyl (C=O) groups is 1. The number of halogens is 1. The van der Waals surface area contributed by atoms with Crippen molar-refractivity contribution in [3.05, 3.63) is 35.6 Å². The number of fused-ring (bicyclic) bond motifs is 2. The van der Waals surface area contributed by atoms with Crippen LogP contribution in [-0.4, -0.2) is 11.7 Å². The van der Waals surface area contributed by atoms with Crippen LogP contribution in [0.25, 0.3) is 0 Å². The lowest BCUT2D eigenvalue weighted by molar-refractivity contribution is 0.0508. The van der Waals surface area contributed by atoms with E-state index in [1.165, 1.54) is 30.7 Å². The second-order valence-corrected chi connectivity index (χ2v) is 6.92. The third-order valence-electron chi connectivity index (χ3n) is 5.83. The van der Waals surface area contributed by atoms with Gasteiger partial charge in [-0.05, 0) is 54.9 Å². The maximum Gasteiger partial charge on any atom is 0.365 e. The molecular formula is C17H20FNO2. The van der Waals surface area contributed by atoms with Gasteiger partial charge in [-0.3, -0.25) is 0 Å². The fourth-order valence-corrected chi connectivity index (χ4v) is 3.80. The van der Waals surface area contributed by atoms with Gasteiger partial charge in [-0.1, -0.05) is 25.9 Å². The Kier molecular flexibility index (Phi) is 3.15. The molecule has 0 unspecified atom stereocenters. The van der Waals surface area contributed by atoms with Crippen molar-refractivity contribution in [3.63, 3.8) is 0 Å². The molecule has 0 aliphatic heterocycles. The van der Waals surface area contributed by atoms with Crippen molar-refractivity contribution in [2.24, 2.45) is 21.9 Å². The van der Waals surface area contributed by atoms with Crippen LogP contribution in [0.15, 0.2) is 29.4 Å². The monoisotopic (exact) mass is 289 g/mol. The van der Waals surface area contributed by atoms with Crippen LogP contribution in [0, 0.1) is 22.6 Å². The number of rotatable bonds is 2. The molecule has 112 valence electrons. The Morgan fingerprint density at radius 3 is 2.48 bits per heavy atom. The molecule has 2 fully saturated rings. The smallest absolute Gasteiger partial charge is 0.313 e. The molecule has 2 atom stereocenters. The van der Waals surface area contributed by atoms with E-state index in [2.05, 4.69) is 25.9 Å². The molecule has 0 aromatic heterocycles. The predicted molar refractivity (Wildman–Crippen MR) is 78.5 cm³/mol. The summed E-state index contributed by atoms with van der Waals surface area (Å²) in [5.74, 6) is -0.294. The molecule has 0 amide bonds. The van der Waals surface area contributed by atoms with Crippen molar-refractivity contribution < 1.29 is 14.0 Å². The lowest BCUT2D eigenvalue weighted by atomic mass is 9.70. The summed E-state index contributed by atoms with van der Waals surface area (Å²) in [4.78, 5) is 17.0. The molecule has 2 aliphatic rings. The highest BCUT2D eigenvalue weighted by molar-refractivity contribution is 5.95. The van der Waals surface area contributed by atoms with Gasteiger partial charge in [0, 0.05) is 5.41 Å². The maximum absolute atomic E-state index is 12.8. The van der Waals surface area contributed by atoms with Gasteiger partial charge in [-0.15, -0.1) is 0 Å². The quantitative estimate of drug-likeness (QED) is 0.605. The third kappa shape index (κ3) is 2.08. The third-order valence-corrected chi connectivity index (χ3v) is 5.83. The molecule has 0 N–H and O–H groups in total. The number of nitrogens with zero attached hydrogens (tertiary/aromatic N) is 1. The lowest BCUT2D eigenvalue weighted by Gasteiger charge is -2.34. The topological polar surface area (TPSA) is 38.7 Å². The zero-order valence-electron chi connectivity index (χ0n) is 12.6. The van der Waals surface area contributed by atoms with E-state index in [1.807, 2.05) is 0 Å². The molecule has 3 nitrogen and oxygen atoms in total. The number of carbonyl (C=O) groups excluding carboxylic acids is 1. The van der Waals surface area contributed by atoms with Crippen molar-refractivity contribution in [3.8, 4) is 0 Å². The first-order chi connectivity index (χ1) is 9.84. The van der Waals surface area contributed by atoms with Crippen LogP contribution in [0.4, 0.5) is 4.39 Å². The molecule has 3 rings (SSSR count). The van der Waals surface area contributed by atoms with Gasteiger partial charge in [0.1, 0.15) is 5.82 Å². The van der Waals surface area contributed by atoms with Crippen molar-refractivity contribution >= 4 is 11.7 Å². The molecule has 2 saturated carbocycles. The summed E-state index contributed by atoms with van der Waals surface area (Å²) in [5.41, 5.74) is 1.52. The van der Waals surface area contributed by atoms with E-state index in [-0.39, 0.29) is 16.6 Å². The molecule has 1 aromatic rings. The van der Waals surface area contributed by atoms with Gasteiger partial charge in [-0.25, -0.2) is 9.18 Å². The Hall–Kier alpha value is -1.71. The summed E-state index contributed by atoms with van der Waals surface area (Å²) in [6, 6.07) is 5.30. The number of hydrogen-bond donors (Lipinski definition) is 0. The van der Waals surface area contributed by atoms with Crippen LogP contribution >= 0.6 is 0 Å². The van der Waals surface area contributed by atoms with Crippen LogP contribution in [0.1, 0.15) is 50.4 Å². The molecule has 21 heavy (non-hydrogen) atoms. The van der Waals surface area contributed by atoms with Gasteiger partial charge in [-0.2, -0.15) is 0 Å². The largest absolute Gasteiger partial charge is 0.365 e. The molecule has 0 heterocycles. The van der Waals surface area contributed by atoms with E-state index in [1.54, 1.807) is 0 Å². The number of benzene rings is 1. The van der Waals surface area contributed by atoms with Crippen molar-refractivity contribution in [2.75, 3.05) is 0 Å². The molecule has 4 heteroatoms. The molecule has 2 aliphatic carbocycles. The van der Waals surface area contributed by atoms with Gasteiger partial charge in [0.05, 0.1) is 11.3 Å². The van der Waals surface area contributed by atoms with E-state index in [0.29, 0.717) is 11.5 Å². The molecule has 1 aromatic carbocycles. The maximum atomic E-state index is 12.8. The predicted octanol–water partition coefficient (Wildman–Crippen LogP) is 4.18. The normalized spacial score (nSPS) is 31.6. The van der Waals surface area contributed by atoms with Gasteiger partial charge < -0.3 is 4.84 Å². The van der Waals surface area contributed by atoms with Crippen LogP contribution in [0.5, 0.6) is 0 Å². The average Bonchev–Trinajstić information content (AvgIpc) is 2.78. The molecule has 0 radical (unpaired) electrons. The minimum absolute atomic E-state index is 0.0146. The summed E-state index contributed by atoms with van der Waals surface area (Å²) in [7, 11) is 0. The number of oxime groups is 1. The first-order valence-electron chi connectivity index (χ1n) is 7.39. The summed E-state index contributed by atoms with van der Waals surface area (Å²) in [6.45, 7) is 6.76.